The van der Waals surface area contributed by atoms with Crippen LogP contribution in [0.25, 0.3) is 5.65 Å². The summed E-state index contributed by atoms with van der Waals surface area (Å²) in [6.45, 7) is 1.70. The van der Waals surface area contributed by atoms with Gasteiger partial charge in [0.05, 0.1) is 23.3 Å². The van der Waals surface area contributed by atoms with Crippen LogP contribution in [0.3, 0.4) is 0 Å². The van der Waals surface area contributed by atoms with Crippen LogP contribution < -0.4 is 10.1 Å². The van der Waals surface area contributed by atoms with E-state index in [9.17, 15) is 13.2 Å². The van der Waals surface area contributed by atoms with E-state index in [-0.39, 0.29) is 11.4 Å². The summed E-state index contributed by atoms with van der Waals surface area (Å²) in [5.74, 6) is 0.314. The fourth-order valence-electron chi connectivity index (χ4n) is 3.02. The molecule has 0 saturated heterocycles. The number of hydrogen-bond donors (Lipinski definition) is 2. The number of fused-ring (bicyclic) bond motifs is 1. The van der Waals surface area contributed by atoms with Crippen LogP contribution in [-0.4, -0.2) is 29.9 Å². The number of carbonyl (C=O) groups is 1. The number of rotatable bonds is 7. The summed E-state index contributed by atoms with van der Waals surface area (Å²) in [5.41, 5.74) is 4.07. The third-order valence-electron chi connectivity index (χ3n) is 4.52. The lowest BCUT2D eigenvalue weighted by Gasteiger charge is -2.05. The zero-order valence-corrected chi connectivity index (χ0v) is 18.4. The van der Waals surface area contributed by atoms with Crippen molar-refractivity contribution >= 4 is 39.4 Å². The number of carbonyl (C=O) groups excluding carboxylic acids is 1. The van der Waals surface area contributed by atoms with E-state index in [1.165, 1.54) is 30.5 Å². The molecule has 0 aliphatic carbocycles. The van der Waals surface area contributed by atoms with Gasteiger partial charge >= 0.3 is 0 Å². The van der Waals surface area contributed by atoms with E-state index in [4.69, 9.17) is 16.0 Å². The number of halogens is 1. The molecule has 4 rings (SSSR count). The summed E-state index contributed by atoms with van der Waals surface area (Å²) >= 11 is 5.79. The Morgan fingerprint density at radius 3 is 2.75 bits per heavy atom. The monoisotopic (exact) mass is 471 g/mol. The topological polar surface area (TPSA) is 118 Å². The van der Waals surface area contributed by atoms with Crippen molar-refractivity contribution in [3.8, 4) is 0 Å². The molecule has 0 bridgehead atoms. The summed E-state index contributed by atoms with van der Waals surface area (Å²) in [6.07, 6.45) is 3.07. The molecule has 0 aliphatic heterocycles. The first kappa shape index (κ1) is 21.8. The number of hydrogen-bond acceptors (Lipinski definition) is 6. The molecule has 4 aromatic rings. The van der Waals surface area contributed by atoms with Gasteiger partial charge in [0.25, 0.3) is 5.91 Å². The van der Waals surface area contributed by atoms with Crippen molar-refractivity contribution in [2.45, 2.75) is 18.4 Å². The Kier molecular flexibility index (Phi) is 6.08. The van der Waals surface area contributed by atoms with Gasteiger partial charge in [0.15, 0.2) is 0 Å². The van der Waals surface area contributed by atoms with E-state index in [0.717, 1.165) is 0 Å². The number of imidazole rings is 1. The van der Waals surface area contributed by atoms with Crippen molar-refractivity contribution in [3.05, 3.63) is 88.7 Å². The van der Waals surface area contributed by atoms with Gasteiger partial charge < -0.3 is 4.42 Å². The Bertz CT molecular complexity index is 1410. The van der Waals surface area contributed by atoms with Crippen molar-refractivity contribution in [1.29, 1.82) is 0 Å². The molecule has 9 nitrogen and oxygen atoms in total. The van der Waals surface area contributed by atoms with E-state index in [1.54, 1.807) is 41.8 Å². The molecule has 0 saturated carbocycles. The van der Waals surface area contributed by atoms with Crippen LogP contribution >= 0.6 is 11.6 Å². The number of pyridine rings is 1. The zero-order valence-electron chi connectivity index (χ0n) is 16.8. The van der Waals surface area contributed by atoms with Crippen molar-refractivity contribution in [2.24, 2.45) is 5.10 Å². The quantitative estimate of drug-likeness (QED) is 0.317. The number of aromatic nitrogens is 2. The van der Waals surface area contributed by atoms with Crippen LogP contribution in [0.4, 0.5) is 0 Å². The van der Waals surface area contributed by atoms with Gasteiger partial charge in [-0.3, -0.25) is 9.20 Å². The first-order valence-corrected chi connectivity index (χ1v) is 11.3. The van der Waals surface area contributed by atoms with Gasteiger partial charge in [-0.2, -0.15) is 5.10 Å². The van der Waals surface area contributed by atoms with Crippen molar-refractivity contribution < 1.29 is 17.6 Å². The van der Waals surface area contributed by atoms with E-state index >= 15 is 0 Å². The van der Waals surface area contributed by atoms with E-state index < -0.39 is 15.9 Å². The molecule has 0 radical (unpaired) electrons. The molecular weight excluding hydrogens is 454 g/mol. The molecule has 0 aliphatic rings. The van der Waals surface area contributed by atoms with Gasteiger partial charge in [0.2, 0.25) is 10.0 Å². The second kappa shape index (κ2) is 8.95. The number of hydrazone groups is 1. The van der Waals surface area contributed by atoms with Crippen molar-refractivity contribution in [3.63, 3.8) is 0 Å². The highest BCUT2D eigenvalue weighted by molar-refractivity contribution is 7.89. The van der Waals surface area contributed by atoms with Crippen LogP contribution in [0, 0.1) is 6.92 Å². The van der Waals surface area contributed by atoms with Gasteiger partial charge in [-0.25, -0.2) is 23.5 Å². The fraction of sp³-hybridized carbons (Fsp3) is 0.0952. The third kappa shape index (κ3) is 4.72. The average Bonchev–Trinajstić information content (AvgIpc) is 3.35. The van der Waals surface area contributed by atoms with Crippen LogP contribution in [0.5, 0.6) is 0 Å². The molecule has 1 amide bonds. The maximum absolute atomic E-state index is 12.5. The second-order valence-electron chi connectivity index (χ2n) is 6.76. The van der Waals surface area contributed by atoms with Crippen molar-refractivity contribution in [2.75, 3.05) is 0 Å². The van der Waals surface area contributed by atoms with Crippen LogP contribution in [-0.2, 0) is 16.6 Å². The predicted octanol–water partition coefficient (Wildman–Crippen LogP) is 3.13. The molecule has 3 heterocycles. The SMILES string of the molecule is Cc1nc2ccccn2c1C(=O)NN=Cc1ccc(CNS(=O)(=O)c2ccc(Cl)cc2)o1. The molecule has 0 fully saturated rings. The molecular formula is C21H18ClN5O4S. The van der Waals surface area contributed by atoms with Crippen molar-refractivity contribution in [1.82, 2.24) is 19.5 Å². The highest BCUT2D eigenvalue weighted by Gasteiger charge is 2.16. The largest absolute Gasteiger partial charge is 0.459 e. The lowest BCUT2D eigenvalue weighted by Crippen LogP contribution is -2.22. The molecule has 0 spiro atoms. The Labute approximate surface area is 188 Å². The van der Waals surface area contributed by atoms with E-state index in [2.05, 4.69) is 20.2 Å². The van der Waals surface area contributed by atoms with E-state index in [0.29, 0.717) is 33.6 Å². The molecule has 11 heteroatoms. The Hall–Kier alpha value is -3.47. The van der Waals surface area contributed by atoms with Gasteiger partial charge in [0.1, 0.15) is 22.9 Å². The third-order valence-corrected chi connectivity index (χ3v) is 6.19. The highest BCUT2D eigenvalue weighted by Crippen LogP contribution is 2.15. The Morgan fingerprint density at radius 1 is 1.19 bits per heavy atom. The standard InChI is InChI=1S/C21H18ClN5O4S/c1-14-20(27-11-3-2-4-19(27)25-14)21(28)26-23-12-16-7-8-17(31-16)13-24-32(29,30)18-9-5-15(22)6-10-18/h2-12,24H,13H2,1H3,(H,26,28). The number of aryl methyl sites for hydroxylation is 1. The van der Waals surface area contributed by atoms with Gasteiger partial charge in [-0.15, -0.1) is 0 Å². The van der Waals surface area contributed by atoms with Crippen LogP contribution in [0.15, 0.2) is 75.2 Å². The van der Waals surface area contributed by atoms with Crippen LogP contribution in [0.1, 0.15) is 27.7 Å². The molecule has 3 aromatic heterocycles. The summed E-state index contributed by atoms with van der Waals surface area (Å²) in [4.78, 5) is 16.9. The minimum atomic E-state index is -3.71. The van der Waals surface area contributed by atoms with Crippen LogP contribution in [0.2, 0.25) is 5.02 Å². The lowest BCUT2D eigenvalue weighted by atomic mass is 10.3. The molecule has 0 atom stereocenters. The summed E-state index contributed by atoms with van der Waals surface area (Å²) in [7, 11) is -3.71. The lowest BCUT2D eigenvalue weighted by molar-refractivity contribution is 0.0948. The summed E-state index contributed by atoms with van der Waals surface area (Å²) in [5, 5.41) is 4.36. The predicted molar refractivity (Wildman–Crippen MR) is 119 cm³/mol. The smallest absolute Gasteiger partial charge is 0.290 e. The second-order valence-corrected chi connectivity index (χ2v) is 8.96. The number of sulfonamides is 1. The first-order valence-electron chi connectivity index (χ1n) is 9.44. The first-order chi connectivity index (χ1) is 15.3. The fourth-order valence-corrected chi connectivity index (χ4v) is 4.14. The highest BCUT2D eigenvalue weighted by atomic mass is 35.5. The number of furan rings is 1. The molecule has 2 N–H and O–H groups in total. The minimum absolute atomic E-state index is 0.0494. The average molecular weight is 472 g/mol. The molecule has 1 aromatic carbocycles. The number of amides is 1. The summed E-state index contributed by atoms with van der Waals surface area (Å²) in [6, 6.07) is 14.5. The number of nitrogens with zero attached hydrogens (tertiary/aromatic N) is 3. The van der Waals surface area contributed by atoms with Gasteiger partial charge in [-0.1, -0.05) is 17.7 Å². The number of benzene rings is 1. The molecule has 0 unspecified atom stereocenters. The van der Waals surface area contributed by atoms with Gasteiger partial charge in [-0.05, 0) is 55.5 Å². The Morgan fingerprint density at radius 2 is 1.97 bits per heavy atom. The van der Waals surface area contributed by atoms with Gasteiger partial charge in [0, 0.05) is 11.2 Å². The summed E-state index contributed by atoms with van der Waals surface area (Å²) < 4.78 is 34.3. The Balaban J connectivity index is 1.37. The molecule has 32 heavy (non-hydrogen) atoms. The molecule has 164 valence electrons. The minimum Gasteiger partial charge on any atom is -0.459 e. The maximum Gasteiger partial charge on any atom is 0.290 e. The maximum atomic E-state index is 12.5. The normalized spacial score (nSPS) is 11.9. The number of nitrogens with one attached hydrogen (secondary N) is 2. The zero-order chi connectivity index (χ0) is 22.7. The van der Waals surface area contributed by atoms with E-state index in [1.807, 2.05) is 6.07 Å².